The number of rotatable bonds is 3. The van der Waals surface area contributed by atoms with Gasteiger partial charge < -0.3 is 14.8 Å². The molecular weight excluding hydrogens is 268 g/mol. The van der Waals surface area contributed by atoms with Crippen molar-refractivity contribution in [2.24, 2.45) is 10.8 Å². The molecule has 1 fully saturated rings. The number of guanidine groups is 1. The lowest BCUT2D eigenvalue weighted by atomic mass is 9.96. The lowest BCUT2D eigenvalue weighted by Gasteiger charge is -2.24. The van der Waals surface area contributed by atoms with Crippen LogP contribution in [-0.4, -0.2) is 18.8 Å². The number of nitrogens with one attached hydrogen (secondary N) is 2. The second-order valence-electron chi connectivity index (χ2n) is 5.48. The highest BCUT2D eigenvalue weighted by molar-refractivity contribution is 5.79. The molecule has 21 heavy (non-hydrogen) atoms. The fourth-order valence-corrected chi connectivity index (χ4v) is 2.78. The van der Waals surface area contributed by atoms with Crippen LogP contribution in [0.2, 0.25) is 0 Å². The van der Waals surface area contributed by atoms with Crippen molar-refractivity contribution in [3.8, 4) is 11.5 Å². The predicted octanol–water partition coefficient (Wildman–Crippen LogP) is 1.66. The minimum absolute atomic E-state index is 0.293. The third-order valence-electron chi connectivity index (χ3n) is 3.94. The molecule has 6 nitrogen and oxygen atoms in total. The summed E-state index contributed by atoms with van der Waals surface area (Å²) in [6, 6.07) is 6.34. The molecule has 1 saturated carbocycles. The summed E-state index contributed by atoms with van der Waals surface area (Å²) in [5.74, 6) is 7.78. The van der Waals surface area contributed by atoms with Crippen molar-refractivity contribution in [3.63, 3.8) is 0 Å². The average Bonchev–Trinajstić information content (AvgIpc) is 3.00. The second kappa shape index (κ2) is 6.67. The highest BCUT2D eigenvalue weighted by atomic mass is 16.7. The Labute approximate surface area is 124 Å². The zero-order valence-electron chi connectivity index (χ0n) is 12.1. The largest absolute Gasteiger partial charge is 0.454 e. The minimum Gasteiger partial charge on any atom is -0.454 e. The van der Waals surface area contributed by atoms with Gasteiger partial charge in [0.05, 0.1) is 6.54 Å². The normalized spacial score (nSPS) is 18.6. The topological polar surface area (TPSA) is 80.9 Å². The molecular formula is C15H22N4O2. The van der Waals surface area contributed by atoms with E-state index in [1.165, 1.54) is 32.1 Å². The Hall–Kier alpha value is -1.95. The summed E-state index contributed by atoms with van der Waals surface area (Å²) in [5.41, 5.74) is 3.72. The summed E-state index contributed by atoms with van der Waals surface area (Å²) >= 11 is 0. The highest BCUT2D eigenvalue weighted by Crippen LogP contribution is 2.32. The first-order valence-electron chi connectivity index (χ1n) is 7.51. The van der Waals surface area contributed by atoms with Crippen molar-refractivity contribution < 1.29 is 9.47 Å². The molecule has 0 amide bonds. The zero-order chi connectivity index (χ0) is 14.5. The quantitative estimate of drug-likeness (QED) is 0.341. The Morgan fingerprint density at radius 3 is 2.81 bits per heavy atom. The number of nitrogens with zero attached hydrogens (tertiary/aromatic N) is 1. The molecule has 6 heteroatoms. The SMILES string of the molecule is NNC(=NCc1ccc2c(c1)OCO2)NC1CCCCC1. The third kappa shape index (κ3) is 3.58. The molecule has 0 atom stereocenters. The first kappa shape index (κ1) is 14.0. The van der Waals surface area contributed by atoms with E-state index in [2.05, 4.69) is 15.7 Å². The first-order valence-corrected chi connectivity index (χ1v) is 7.51. The number of hydrazine groups is 1. The van der Waals surface area contributed by atoms with Crippen LogP contribution in [0.3, 0.4) is 0 Å². The van der Waals surface area contributed by atoms with Gasteiger partial charge in [-0.3, -0.25) is 5.43 Å². The summed E-state index contributed by atoms with van der Waals surface area (Å²) in [4.78, 5) is 4.51. The molecule has 0 unspecified atom stereocenters. The molecule has 0 radical (unpaired) electrons. The number of hydrogen-bond donors (Lipinski definition) is 3. The maximum absolute atomic E-state index is 5.56. The van der Waals surface area contributed by atoms with Crippen LogP contribution >= 0.6 is 0 Å². The van der Waals surface area contributed by atoms with E-state index in [4.69, 9.17) is 15.3 Å². The molecule has 4 N–H and O–H groups in total. The van der Waals surface area contributed by atoms with Gasteiger partial charge in [-0.25, -0.2) is 10.8 Å². The standard InChI is InChI=1S/C15H22N4O2/c16-19-15(18-12-4-2-1-3-5-12)17-9-11-6-7-13-14(8-11)21-10-20-13/h6-8,12H,1-5,9-10,16H2,(H2,17,18,19). The van der Waals surface area contributed by atoms with Gasteiger partial charge in [0.2, 0.25) is 12.8 Å². The van der Waals surface area contributed by atoms with Crippen molar-refractivity contribution in [1.82, 2.24) is 10.7 Å². The minimum atomic E-state index is 0.293. The van der Waals surface area contributed by atoms with E-state index >= 15 is 0 Å². The van der Waals surface area contributed by atoms with Crippen molar-refractivity contribution >= 4 is 5.96 Å². The molecule has 0 saturated heterocycles. The van der Waals surface area contributed by atoms with Crippen LogP contribution in [0.15, 0.2) is 23.2 Å². The number of ether oxygens (including phenoxy) is 2. The first-order chi connectivity index (χ1) is 10.3. The van der Waals surface area contributed by atoms with Gasteiger partial charge in [0, 0.05) is 6.04 Å². The van der Waals surface area contributed by atoms with Crippen molar-refractivity contribution in [3.05, 3.63) is 23.8 Å². The Morgan fingerprint density at radius 2 is 2.00 bits per heavy atom. The Bertz CT molecular complexity index is 512. The van der Waals surface area contributed by atoms with Gasteiger partial charge in [-0.15, -0.1) is 0 Å². The van der Waals surface area contributed by atoms with Crippen LogP contribution in [0.4, 0.5) is 0 Å². The lowest BCUT2D eigenvalue weighted by Crippen LogP contribution is -2.47. The molecule has 0 aromatic heterocycles. The average molecular weight is 290 g/mol. The predicted molar refractivity (Wildman–Crippen MR) is 81.0 cm³/mol. The molecule has 1 aromatic carbocycles. The van der Waals surface area contributed by atoms with E-state index in [1.54, 1.807) is 0 Å². The fourth-order valence-electron chi connectivity index (χ4n) is 2.78. The van der Waals surface area contributed by atoms with Gasteiger partial charge in [-0.2, -0.15) is 0 Å². The number of benzene rings is 1. The molecule has 1 aliphatic carbocycles. The summed E-state index contributed by atoms with van der Waals surface area (Å²) in [6.07, 6.45) is 6.25. The van der Waals surface area contributed by atoms with Crippen LogP contribution < -0.4 is 26.1 Å². The van der Waals surface area contributed by atoms with Crippen molar-refractivity contribution in [2.45, 2.75) is 44.7 Å². The third-order valence-corrected chi connectivity index (χ3v) is 3.94. The van der Waals surface area contributed by atoms with Gasteiger partial charge in [-0.1, -0.05) is 25.3 Å². The summed E-state index contributed by atoms with van der Waals surface area (Å²) in [5, 5.41) is 3.39. The van der Waals surface area contributed by atoms with Crippen LogP contribution in [-0.2, 0) is 6.54 Å². The molecule has 0 bridgehead atoms. The van der Waals surface area contributed by atoms with Gasteiger partial charge >= 0.3 is 0 Å². The molecule has 114 valence electrons. The monoisotopic (exact) mass is 290 g/mol. The molecule has 3 rings (SSSR count). The number of fused-ring (bicyclic) bond motifs is 1. The Kier molecular flexibility index (Phi) is 4.45. The second-order valence-corrected chi connectivity index (χ2v) is 5.48. The maximum Gasteiger partial charge on any atom is 0.231 e. The number of aliphatic imine (C=N–C) groups is 1. The number of hydrogen-bond acceptors (Lipinski definition) is 4. The van der Waals surface area contributed by atoms with E-state index in [1.807, 2.05) is 18.2 Å². The van der Waals surface area contributed by atoms with E-state index < -0.39 is 0 Å². The van der Waals surface area contributed by atoms with E-state index in [0.29, 0.717) is 25.3 Å². The summed E-state index contributed by atoms with van der Waals surface area (Å²) in [6.45, 7) is 0.844. The fraction of sp³-hybridized carbons (Fsp3) is 0.533. The molecule has 1 aromatic rings. The van der Waals surface area contributed by atoms with E-state index in [0.717, 1.165) is 17.1 Å². The van der Waals surface area contributed by atoms with Crippen LogP contribution in [0.1, 0.15) is 37.7 Å². The summed E-state index contributed by atoms with van der Waals surface area (Å²) in [7, 11) is 0. The number of nitrogens with two attached hydrogens (primary N) is 1. The Balaban J connectivity index is 1.60. The van der Waals surface area contributed by atoms with Gasteiger partial charge in [0.1, 0.15) is 0 Å². The van der Waals surface area contributed by atoms with Gasteiger partial charge in [-0.05, 0) is 30.5 Å². The molecule has 1 heterocycles. The lowest BCUT2D eigenvalue weighted by molar-refractivity contribution is 0.174. The highest BCUT2D eigenvalue weighted by Gasteiger charge is 2.15. The zero-order valence-corrected chi connectivity index (χ0v) is 12.1. The molecule has 1 aliphatic heterocycles. The van der Waals surface area contributed by atoms with Gasteiger partial charge in [0.15, 0.2) is 11.5 Å². The van der Waals surface area contributed by atoms with Crippen LogP contribution in [0, 0.1) is 0 Å². The van der Waals surface area contributed by atoms with Crippen molar-refractivity contribution in [2.75, 3.05) is 6.79 Å². The molecule has 2 aliphatic rings. The maximum atomic E-state index is 5.56. The van der Waals surface area contributed by atoms with E-state index in [-0.39, 0.29) is 0 Å². The Morgan fingerprint density at radius 1 is 1.19 bits per heavy atom. The van der Waals surface area contributed by atoms with Gasteiger partial charge in [0.25, 0.3) is 0 Å². The van der Waals surface area contributed by atoms with E-state index in [9.17, 15) is 0 Å². The van der Waals surface area contributed by atoms with Crippen molar-refractivity contribution in [1.29, 1.82) is 0 Å². The van der Waals surface area contributed by atoms with Crippen LogP contribution in [0.5, 0.6) is 11.5 Å². The van der Waals surface area contributed by atoms with Crippen LogP contribution in [0.25, 0.3) is 0 Å². The summed E-state index contributed by atoms with van der Waals surface area (Å²) < 4.78 is 10.7. The molecule has 0 spiro atoms. The smallest absolute Gasteiger partial charge is 0.231 e.